The van der Waals surface area contributed by atoms with Crippen LogP contribution in [0, 0.1) is 5.92 Å². The zero-order valence-electron chi connectivity index (χ0n) is 14.4. The molecule has 0 radical (unpaired) electrons. The van der Waals surface area contributed by atoms with Crippen molar-refractivity contribution in [3.05, 3.63) is 0 Å². The van der Waals surface area contributed by atoms with Crippen LogP contribution >= 0.6 is 0 Å². The van der Waals surface area contributed by atoms with E-state index in [2.05, 4.69) is 36.1 Å². The molecule has 0 bridgehead atoms. The predicted octanol–water partition coefficient (Wildman–Crippen LogP) is 1.19. The lowest BCUT2D eigenvalue weighted by Gasteiger charge is -2.33. The molecule has 124 valence electrons. The minimum Gasteiger partial charge on any atom is -0.465 e. The number of nitrogens with zero attached hydrogens (tertiary/aromatic N) is 2. The molecule has 1 rings (SSSR count). The summed E-state index contributed by atoms with van der Waals surface area (Å²) in [6, 6.07) is 0. The van der Waals surface area contributed by atoms with Gasteiger partial charge in [0.1, 0.15) is 5.54 Å². The molecule has 5 heteroatoms. The first-order chi connectivity index (χ1) is 9.91. The maximum absolute atomic E-state index is 12.3. The number of nitrogens with one attached hydrogen (secondary N) is 1. The van der Waals surface area contributed by atoms with Crippen molar-refractivity contribution in [3.63, 3.8) is 0 Å². The third kappa shape index (κ3) is 5.93. The second kappa shape index (κ2) is 8.71. The largest absolute Gasteiger partial charge is 0.465 e. The number of likely N-dealkylation sites (N-methyl/N-ethyl adjacent to an activating group) is 1. The zero-order chi connectivity index (χ0) is 15.9. The second-order valence-corrected chi connectivity index (χ2v) is 6.59. The number of esters is 1. The van der Waals surface area contributed by atoms with Crippen LogP contribution in [0.15, 0.2) is 0 Å². The summed E-state index contributed by atoms with van der Waals surface area (Å²) in [6.07, 6.45) is 2.26. The number of ether oxygens (including phenoxy) is 1. The van der Waals surface area contributed by atoms with E-state index in [0.29, 0.717) is 19.1 Å². The Morgan fingerprint density at radius 2 is 2.19 bits per heavy atom. The average molecular weight is 299 g/mol. The second-order valence-electron chi connectivity index (χ2n) is 6.59. The summed E-state index contributed by atoms with van der Waals surface area (Å²) in [5.74, 6) is 0.562. The number of hydrogen-bond acceptors (Lipinski definition) is 5. The fraction of sp³-hybridized carbons (Fsp3) is 0.938. The monoisotopic (exact) mass is 299 g/mol. The molecule has 0 amide bonds. The van der Waals surface area contributed by atoms with Gasteiger partial charge in [0.05, 0.1) is 6.61 Å². The topological polar surface area (TPSA) is 44.8 Å². The molecule has 1 N–H and O–H groups in total. The van der Waals surface area contributed by atoms with E-state index in [1.807, 2.05) is 13.8 Å². The van der Waals surface area contributed by atoms with Gasteiger partial charge >= 0.3 is 5.97 Å². The molecule has 0 saturated carbocycles. The van der Waals surface area contributed by atoms with E-state index < -0.39 is 5.54 Å². The molecule has 5 nitrogen and oxygen atoms in total. The van der Waals surface area contributed by atoms with Gasteiger partial charge in [-0.2, -0.15) is 0 Å². The SMILES string of the molecule is CCCNC(C)(CN(C)CC1CCN(C)C1)C(=O)OCC. The molecule has 1 aliphatic rings. The highest BCUT2D eigenvalue weighted by atomic mass is 16.5. The van der Waals surface area contributed by atoms with E-state index in [1.165, 1.54) is 13.0 Å². The standard InChI is InChI=1S/C16H33N3O2/c1-6-9-17-16(3,15(20)21-7-2)13-19(5)12-14-8-10-18(4)11-14/h14,17H,6-13H2,1-5H3. The van der Waals surface area contributed by atoms with Crippen LogP contribution in [0.2, 0.25) is 0 Å². The Hall–Kier alpha value is -0.650. The predicted molar refractivity (Wildman–Crippen MR) is 86.4 cm³/mol. The smallest absolute Gasteiger partial charge is 0.327 e. The van der Waals surface area contributed by atoms with Crippen LogP contribution in [0.3, 0.4) is 0 Å². The van der Waals surface area contributed by atoms with E-state index in [0.717, 1.165) is 26.1 Å². The van der Waals surface area contributed by atoms with Crippen molar-refractivity contribution in [2.75, 3.05) is 53.4 Å². The van der Waals surface area contributed by atoms with Crippen LogP contribution in [0.5, 0.6) is 0 Å². The number of rotatable bonds is 9. The van der Waals surface area contributed by atoms with Crippen molar-refractivity contribution >= 4 is 5.97 Å². The highest BCUT2D eigenvalue weighted by Crippen LogP contribution is 2.17. The number of carbonyl (C=O) groups excluding carboxylic acids is 1. The lowest BCUT2D eigenvalue weighted by Crippen LogP contribution is -2.57. The van der Waals surface area contributed by atoms with Crippen molar-refractivity contribution in [1.29, 1.82) is 0 Å². The molecule has 1 fully saturated rings. The van der Waals surface area contributed by atoms with Gasteiger partial charge in [-0.25, -0.2) is 0 Å². The molecule has 0 spiro atoms. The van der Waals surface area contributed by atoms with Gasteiger partial charge in [0.15, 0.2) is 0 Å². The molecular formula is C16H33N3O2. The average Bonchev–Trinajstić information content (AvgIpc) is 2.81. The first-order valence-electron chi connectivity index (χ1n) is 8.20. The summed E-state index contributed by atoms with van der Waals surface area (Å²) in [5.41, 5.74) is -0.620. The van der Waals surface area contributed by atoms with Crippen molar-refractivity contribution < 1.29 is 9.53 Å². The maximum atomic E-state index is 12.3. The van der Waals surface area contributed by atoms with Crippen LogP contribution in [-0.4, -0.2) is 74.7 Å². The van der Waals surface area contributed by atoms with E-state index in [1.54, 1.807) is 0 Å². The van der Waals surface area contributed by atoms with Crippen molar-refractivity contribution in [1.82, 2.24) is 15.1 Å². The molecule has 1 aliphatic heterocycles. The highest BCUT2D eigenvalue weighted by Gasteiger charge is 2.36. The minimum atomic E-state index is -0.620. The number of carbonyl (C=O) groups is 1. The summed E-state index contributed by atoms with van der Waals surface area (Å²) in [4.78, 5) is 16.9. The molecule has 0 aliphatic carbocycles. The van der Waals surface area contributed by atoms with Gasteiger partial charge in [-0.15, -0.1) is 0 Å². The molecule has 2 unspecified atom stereocenters. The zero-order valence-corrected chi connectivity index (χ0v) is 14.4. The number of likely N-dealkylation sites (tertiary alicyclic amines) is 1. The van der Waals surface area contributed by atoms with Crippen LogP contribution in [0.1, 0.15) is 33.6 Å². The normalized spacial score (nSPS) is 22.5. The van der Waals surface area contributed by atoms with Gasteiger partial charge in [-0.3, -0.25) is 4.79 Å². The first kappa shape index (κ1) is 18.4. The molecule has 2 atom stereocenters. The summed E-state index contributed by atoms with van der Waals surface area (Å²) < 4.78 is 5.26. The fourth-order valence-electron chi connectivity index (χ4n) is 3.10. The van der Waals surface area contributed by atoms with Gasteiger partial charge in [0, 0.05) is 19.6 Å². The summed E-state index contributed by atoms with van der Waals surface area (Å²) in [7, 11) is 4.27. The van der Waals surface area contributed by atoms with Crippen molar-refractivity contribution in [3.8, 4) is 0 Å². The molecule has 1 saturated heterocycles. The minimum absolute atomic E-state index is 0.145. The summed E-state index contributed by atoms with van der Waals surface area (Å²) >= 11 is 0. The quantitative estimate of drug-likeness (QED) is 0.648. The van der Waals surface area contributed by atoms with E-state index in [-0.39, 0.29) is 5.97 Å². The molecule has 0 aromatic carbocycles. The van der Waals surface area contributed by atoms with Gasteiger partial charge in [-0.05, 0) is 59.8 Å². The van der Waals surface area contributed by atoms with E-state index in [4.69, 9.17) is 4.74 Å². The molecule has 21 heavy (non-hydrogen) atoms. The maximum Gasteiger partial charge on any atom is 0.327 e. The highest BCUT2D eigenvalue weighted by molar-refractivity contribution is 5.80. The van der Waals surface area contributed by atoms with Gasteiger partial charge in [0.2, 0.25) is 0 Å². The Morgan fingerprint density at radius 3 is 2.71 bits per heavy atom. The molecule has 0 aromatic heterocycles. The Morgan fingerprint density at radius 1 is 1.48 bits per heavy atom. The lowest BCUT2D eigenvalue weighted by atomic mass is 10.0. The summed E-state index contributed by atoms with van der Waals surface area (Å²) in [6.45, 7) is 11.2. The lowest BCUT2D eigenvalue weighted by molar-refractivity contribution is -0.151. The Bertz CT molecular complexity index is 325. The molecule has 0 aromatic rings. The van der Waals surface area contributed by atoms with Crippen molar-refractivity contribution in [2.45, 2.75) is 39.2 Å². The van der Waals surface area contributed by atoms with Gasteiger partial charge < -0.3 is 19.9 Å². The van der Waals surface area contributed by atoms with Crippen LogP contribution < -0.4 is 5.32 Å². The van der Waals surface area contributed by atoms with Crippen LogP contribution in [0.25, 0.3) is 0 Å². The van der Waals surface area contributed by atoms with E-state index in [9.17, 15) is 4.79 Å². The Balaban J connectivity index is 2.55. The van der Waals surface area contributed by atoms with Crippen molar-refractivity contribution in [2.24, 2.45) is 5.92 Å². The number of hydrogen-bond donors (Lipinski definition) is 1. The molecule has 1 heterocycles. The first-order valence-corrected chi connectivity index (χ1v) is 8.20. The summed E-state index contributed by atoms with van der Waals surface area (Å²) in [5, 5.41) is 3.37. The third-order valence-corrected chi connectivity index (χ3v) is 4.14. The third-order valence-electron chi connectivity index (χ3n) is 4.14. The van der Waals surface area contributed by atoms with Crippen LogP contribution in [0.4, 0.5) is 0 Å². The van der Waals surface area contributed by atoms with Gasteiger partial charge in [0.25, 0.3) is 0 Å². The fourth-order valence-corrected chi connectivity index (χ4v) is 3.10. The molecular weight excluding hydrogens is 266 g/mol. The van der Waals surface area contributed by atoms with E-state index >= 15 is 0 Å². The van der Waals surface area contributed by atoms with Crippen LogP contribution in [-0.2, 0) is 9.53 Å². The van der Waals surface area contributed by atoms with Gasteiger partial charge in [-0.1, -0.05) is 6.92 Å². The Labute approximate surface area is 130 Å². The Kier molecular flexibility index (Phi) is 7.63.